The van der Waals surface area contributed by atoms with E-state index in [-0.39, 0.29) is 11.7 Å². The number of anilines is 2. The molecule has 1 N–H and O–H groups in total. The number of nitrogens with one attached hydrogen (secondary N) is 1. The maximum atomic E-state index is 13.0. The second-order valence-corrected chi connectivity index (χ2v) is 7.51. The number of halogens is 1. The van der Waals surface area contributed by atoms with Crippen LogP contribution in [0, 0.1) is 11.7 Å². The number of carbonyl (C=O) groups excluding carboxylic acids is 1. The topological polar surface area (TPSA) is 45.2 Å². The summed E-state index contributed by atoms with van der Waals surface area (Å²) in [6.45, 7) is 1.92. The molecule has 0 unspecified atom stereocenters. The molecular weight excluding hydrogens is 365 g/mol. The Balaban J connectivity index is 1.36. The molecule has 1 aliphatic heterocycles. The van der Waals surface area contributed by atoms with Crippen molar-refractivity contribution < 1.29 is 9.18 Å². The average Bonchev–Trinajstić information content (AvgIpc) is 2.77. The standard InChI is InChI=1S/C24H24FN3O/c25-21-6-8-22(9-7-21)27-24(29)20-15-23(17-26-16-20)28-12-10-19(11-13-28)14-18-4-2-1-3-5-18/h1-9,15-17,19H,10-14H2,(H,27,29). The van der Waals surface area contributed by atoms with E-state index in [0.717, 1.165) is 38.0 Å². The third kappa shape index (κ3) is 4.99. The van der Waals surface area contributed by atoms with E-state index < -0.39 is 0 Å². The number of piperidine rings is 1. The number of carbonyl (C=O) groups is 1. The van der Waals surface area contributed by atoms with Crippen LogP contribution in [0.1, 0.15) is 28.8 Å². The third-order valence-corrected chi connectivity index (χ3v) is 5.43. The normalized spacial score (nSPS) is 14.6. The van der Waals surface area contributed by atoms with Gasteiger partial charge in [-0.1, -0.05) is 30.3 Å². The van der Waals surface area contributed by atoms with Crippen LogP contribution < -0.4 is 10.2 Å². The number of pyridine rings is 1. The highest BCUT2D eigenvalue weighted by molar-refractivity contribution is 6.04. The van der Waals surface area contributed by atoms with E-state index in [2.05, 4.69) is 45.5 Å². The van der Waals surface area contributed by atoms with Gasteiger partial charge in [0.15, 0.2) is 0 Å². The fraction of sp³-hybridized carbons (Fsp3) is 0.250. The van der Waals surface area contributed by atoms with Crippen molar-refractivity contribution in [3.05, 3.63) is 90.0 Å². The van der Waals surface area contributed by atoms with Crippen LogP contribution in [-0.2, 0) is 6.42 Å². The fourth-order valence-electron chi connectivity index (χ4n) is 3.80. The van der Waals surface area contributed by atoms with Gasteiger partial charge in [-0.2, -0.15) is 0 Å². The molecule has 3 aromatic rings. The summed E-state index contributed by atoms with van der Waals surface area (Å²) in [5.74, 6) is 0.110. The highest BCUT2D eigenvalue weighted by Crippen LogP contribution is 2.26. The molecule has 1 amide bonds. The predicted molar refractivity (Wildman–Crippen MR) is 114 cm³/mol. The Bertz CT molecular complexity index is 951. The van der Waals surface area contributed by atoms with Crippen LogP contribution in [0.3, 0.4) is 0 Å². The molecule has 0 radical (unpaired) electrons. The van der Waals surface area contributed by atoms with E-state index in [0.29, 0.717) is 17.2 Å². The van der Waals surface area contributed by atoms with Gasteiger partial charge in [0.2, 0.25) is 0 Å². The molecule has 0 spiro atoms. The molecule has 5 heteroatoms. The molecule has 4 nitrogen and oxygen atoms in total. The zero-order valence-corrected chi connectivity index (χ0v) is 16.2. The first-order valence-corrected chi connectivity index (χ1v) is 9.98. The van der Waals surface area contributed by atoms with E-state index in [1.165, 1.54) is 17.7 Å². The van der Waals surface area contributed by atoms with Gasteiger partial charge in [0, 0.05) is 25.0 Å². The van der Waals surface area contributed by atoms with E-state index in [1.807, 2.05) is 12.3 Å². The maximum absolute atomic E-state index is 13.0. The van der Waals surface area contributed by atoms with Crippen molar-refractivity contribution in [2.75, 3.05) is 23.3 Å². The lowest BCUT2D eigenvalue weighted by atomic mass is 9.90. The van der Waals surface area contributed by atoms with Crippen LogP contribution in [-0.4, -0.2) is 24.0 Å². The molecule has 0 atom stereocenters. The van der Waals surface area contributed by atoms with Crippen LogP contribution in [0.4, 0.5) is 15.8 Å². The van der Waals surface area contributed by atoms with Gasteiger partial charge in [-0.15, -0.1) is 0 Å². The Kier molecular flexibility index (Phi) is 5.84. The Morgan fingerprint density at radius 3 is 2.48 bits per heavy atom. The summed E-state index contributed by atoms with van der Waals surface area (Å²) in [5, 5.41) is 2.79. The number of nitrogens with zero attached hydrogens (tertiary/aromatic N) is 2. The van der Waals surface area contributed by atoms with Gasteiger partial charge < -0.3 is 10.2 Å². The van der Waals surface area contributed by atoms with Crippen molar-refractivity contribution in [2.45, 2.75) is 19.3 Å². The Labute approximate surface area is 170 Å². The summed E-state index contributed by atoms with van der Waals surface area (Å²) in [6, 6.07) is 18.2. The summed E-state index contributed by atoms with van der Waals surface area (Å²) >= 11 is 0. The van der Waals surface area contributed by atoms with E-state index in [4.69, 9.17) is 0 Å². The summed E-state index contributed by atoms with van der Waals surface area (Å²) in [4.78, 5) is 19.1. The molecule has 1 aromatic heterocycles. The maximum Gasteiger partial charge on any atom is 0.257 e. The summed E-state index contributed by atoms with van der Waals surface area (Å²) in [6.07, 6.45) is 6.74. The lowest BCUT2D eigenvalue weighted by Crippen LogP contribution is -2.34. The molecule has 0 aliphatic carbocycles. The van der Waals surface area contributed by atoms with Crippen molar-refractivity contribution in [3.63, 3.8) is 0 Å². The first-order valence-electron chi connectivity index (χ1n) is 9.98. The van der Waals surface area contributed by atoms with Gasteiger partial charge in [0.1, 0.15) is 5.82 Å². The number of hydrogen-bond acceptors (Lipinski definition) is 3. The number of hydrogen-bond donors (Lipinski definition) is 1. The minimum Gasteiger partial charge on any atom is -0.370 e. The zero-order valence-electron chi connectivity index (χ0n) is 16.2. The summed E-state index contributed by atoms with van der Waals surface area (Å²) < 4.78 is 13.0. The molecular formula is C24H24FN3O. The number of aromatic nitrogens is 1. The third-order valence-electron chi connectivity index (χ3n) is 5.43. The number of benzene rings is 2. The average molecular weight is 389 g/mol. The van der Waals surface area contributed by atoms with E-state index >= 15 is 0 Å². The second-order valence-electron chi connectivity index (χ2n) is 7.51. The second kappa shape index (κ2) is 8.86. The van der Waals surface area contributed by atoms with Crippen molar-refractivity contribution in [1.82, 2.24) is 4.98 Å². The molecule has 1 fully saturated rings. The van der Waals surface area contributed by atoms with Gasteiger partial charge in [0.25, 0.3) is 5.91 Å². The fourth-order valence-corrected chi connectivity index (χ4v) is 3.80. The lowest BCUT2D eigenvalue weighted by Gasteiger charge is -2.33. The first kappa shape index (κ1) is 19.1. The number of rotatable bonds is 5. The Morgan fingerprint density at radius 2 is 1.76 bits per heavy atom. The summed E-state index contributed by atoms with van der Waals surface area (Å²) in [5.41, 5.74) is 3.42. The van der Waals surface area contributed by atoms with Gasteiger partial charge in [-0.3, -0.25) is 9.78 Å². The monoisotopic (exact) mass is 389 g/mol. The van der Waals surface area contributed by atoms with Gasteiger partial charge in [-0.05, 0) is 61.1 Å². The highest BCUT2D eigenvalue weighted by Gasteiger charge is 2.20. The number of amides is 1. The van der Waals surface area contributed by atoms with Crippen molar-refractivity contribution in [2.24, 2.45) is 5.92 Å². The zero-order chi connectivity index (χ0) is 20.1. The summed E-state index contributed by atoms with van der Waals surface area (Å²) in [7, 11) is 0. The van der Waals surface area contributed by atoms with Crippen LogP contribution in [0.25, 0.3) is 0 Å². The SMILES string of the molecule is O=C(Nc1ccc(F)cc1)c1cncc(N2CCC(Cc3ccccc3)CC2)c1. The molecule has 2 heterocycles. The molecule has 1 aliphatic rings. The highest BCUT2D eigenvalue weighted by atomic mass is 19.1. The molecule has 4 rings (SSSR count). The molecule has 29 heavy (non-hydrogen) atoms. The van der Waals surface area contributed by atoms with Crippen molar-refractivity contribution >= 4 is 17.3 Å². The molecule has 2 aromatic carbocycles. The van der Waals surface area contributed by atoms with Crippen molar-refractivity contribution in [1.29, 1.82) is 0 Å². The molecule has 0 bridgehead atoms. The quantitative estimate of drug-likeness (QED) is 0.673. The van der Waals surface area contributed by atoms with E-state index in [9.17, 15) is 9.18 Å². The van der Waals surface area contributed by atoms with Crippen LogP contribution >= 0.6 is 0 Å². The van der Waals surface area contributed by atoms with Gasteiger partial charge >= 0.3 is 0 Å². The Hall–Kier alpha value is -3.21. The van der Waals surface area contributed by atoms with E-state index in [1.54, 1.807) is 18.3 Å². The van der Waals surface area contributed by atoms with Crippen LogP contribution in [0.15, 0.2) is 73.1 Å². The predicted octanol–water partition coefficient (Wildman–Crippen LogP) is 4.93. The smallest absolute Gasteiger partial charge is 0.257 e. The molecule has 1 saturated heterocycles. The minimum atomic E-state index is -0.331. The molecule has 148 valence electrons. The molecule has 0 saturated carbocycles. The Morgan fingerprint density at radius 1 is 1.03 bits per heavy atom. The lowest BCUT2D eigenvalue weighted by molar-refractivity contribution is 0.102. The largest absolute Gasteiger partial charge is 0.370 e. The van der Waals surface area contributed by atoms with Crippen LogP contribution in [0.2, 0.25) is 0 Å². The van der Waals surface area contributed by atoms with Gasteiger partial charge in [0.05, 0.1) is 17.4 Å². The van der Waals surface area contributed by atoms with Crippen molar-refractivity contribution in [3.8, 4) is 0 Å². The first-order chi connectivity index (χ1) is 14.2. The van der Waals surface area contributed by atoms with Gasteiger partial charge in [-0.25, -0.2) is 4.39 Å². The van der Waals surface area contributed by atoms with Crippen LogP contribution in [0.5, 0.6) is 0 Å². The minimum absolute atomic E-state index is 0.245.